The molecule has 0 spiro atoms. The van der Waals surface area contributed by atoms with E-state index in [2.05, 4.69) is 0 Å². The largest absolute Gasteiger partial charge is 0.391 e. The van der Waals surface area contributed by atoms with Gasteiger partial charge in [-0.2, -0.15) is 0 Å². The summed E-state index contributed by atoms with van der Waals surface area (Å²) in [6.07, 6.45) is -3.05. The van der Waals surface area contributed by atoms with Crippen molar-refractivity contribution in [1.29, 1.82) is 0 Å². The fourth-order valence-electron chi connectivity index (χ4n) is 1.11. The molecule has 1 aromatic rings. The number of nitrogens with zero attached hydrogens (tertiary/aromatic N) is 1. The normalized spacial score (nSPS) is 10.7. The maximum absolute atomic E-state index is 12.4. The molecule has 82 valence electrons. The number of nitro groups is 1. The van der Waals surface area contributed by atoms with E-state index in [0.717, 1.165) is 0 Å². The summed E-state index contributed by atoms with van der Waals surface area (Å²) >= 11 is 0. The van der Waals surface area contributed by atoms with Gasteiger partial charge in [0.25, 0.3) is 6.43 Å². The lowest BCUT2D eigenvalue weighted by atomic mass is 10.1. The molecule has 1 rings (SSSR count). The number of aromatic nitrogens is 1. The molecule has 0 aliphatic carbocycles. The van der Waals surface area contributed by atoms with E-state index in [1.807, 2.05) is 0 Å². The first-order valence-corrected chi connectivity index (χ1v) is 3.77. The summed E-state index contributed by atoms with van der Waals surface area (Å²) in [5.41, 5.74) is -2.41. The molecule has 0 atom stereocenters. The summed E-state index contributed by atoms with van der Waals surface area (Å²) in [5, 5.41) is 19.1. The molecule has 8 heteroatoms. The van der Waals surface area contributed by atoms with Gasteiger partial charge in [-0.3, -0.25) is 0 Å². The predicted octanol–water partition coefficient (Wildman–Crippen LogP) is 0.713. The average Bonchev–Trinajstić information content (AvgIpc) is 2.16. The van der Waals surface area contributed by atoms with Gasteiger partial charge in [-0.1, -0.05) is 0 Å². The topological polar surface area (TPSA) is 96.2 Å². The Balaban J connectivity index is 3.52. The molecule has 1 heterocycles. The number of hydrogen-bond donors (Lipinski definition) is 2. The fraction of sp³-hybridized carbons (Fsp3) is 0.286. The zero-order valence-electron chi connectivity index (χ0n) is 7.24. The zero-order valence-corrected chi connectivity index (χ0v) is 7.24. The van der Waals surface area contributed by atoms with Crippen LogP contribution in [0.5, 0.6) is 0 Å². The van der Waals surface area contributed by atoms with Gasteiger partial charge in [0.1, 0.15) is 0 Å². The Bertz CT molecular complexity index is 443. The summed E-state index contributed by atoms with van der Waals surface area (Å²) in [6, 6.07) is 0.531. The number of aliphatic hydroxyl groups excluding tert-OH is 1. The van der Waals surface area contributed by atoms with Gasteiger partial charge in [-0.25, -0.2) is 18.6 Å². The Morgan fingerprint density at radius 1 is 1.60 bits per heavy atom. The molecule has 0 fully saturated rings. The van der Waals surface area contributed by atoms with E-state index in [0.29, 0.717) is 6.07 Å². The molecule has 1 aromatic heterocycles. The maximum Gasteiger partial charge on any atom is 0.332 e. The van der Waals surface area contributed by atoms with E-state index in [9.17, 15) is 23.7 Å². The van der Waals surface area contributed by atoms with Crippen LogP contribution in [0, 0.1) is 10.1 Å². The monoisotopic (exact) mass is 220 g/mol. The first-order chi connectivity index (χ1) is 6.97. The van der Waals surface area contributed by atoms with Crippen molar-refractivity contribution in [2.24, 2.45) is 0 Å². The van der Waals surface area contributed by atoms with Crippen molar-refractivity contribution in [3.63, 3.8) is 0 Å². The molecule has 15 heavy (non-hydrogen) atoms. The molecule has 6 nitrogen and oxygen atoms in total. The molecular weight excluding hydrogens is 214 g/mol. The predicted molar refractivity (Wildman–Crippen MR) is 44.6 cm³/mol. The molecule has 0 radical (unpaired) electrons. The Hall–Kier alpha value is -1.83. The summed E-state index contributed by atoms with van der Waals surface area (Å²) in [6.45, 7) is -0.938. The van der Waals surface area contributed by atoms with Crippen LogP contribution in [0.15, 0.2) is 10.9 Å². The number of aromatic amines is 1. The maximum atomic E-state index is 12.4. The van der Waals surface area contributed by atoms with E-state index in [-0.39, 0.29) is 0 Å². The molecule has 0 saturated carbocycles. The highest BCUT2D eigenvalue weighted by Crippen LogP contribution is 2.26. The first kappa shape index (κ1) is 11.2. The minimum absolute atomic E-state index is 0.531. The minimum Gasteiger partial charge on any atom is -0.391 e. The highest BCUT2D eigenvalue weighted by atomic mass is 19.3. The van der Waals surface area contributed by atoms with Crippen LogP contribution in [0.3, 0.4) is 0 Å². The van der Waals surface area contributed by atoms with Gasteiger partial charge in [0.15, 0.2) is 0 Å². The second-order valence-electron chi connectivity index (χ2n) is 2.63. The Morgan fingerprint density at radius 2 is 2.20 bits per heavy atom. The standard InChI is InChI=1S/C7H6F2N2O4/c8-6(9)3-1-5(13)10-7(11(14)15)4(3)2-12/h1,6,12H,2H2,(H,10,13). The van der Waals surface area contributed by atoms with E-state index < -0.39 is 40.5 Å². The van der Waals surface area contributed by atoms with Crippen molar-refractivity contribution in [3.05, 3.63) is 37.7 Å². The molecule has 0 unspecified atom stereocenters. The molecule has 0 amide bonds. The summed E-state index contributed by atoms with van der Waals surface area (Å²) < 4.78 is 24.7. The molecule has 0 aromatic carbocycles. The van der Waals surface area contributed by atoms with E-state index in [4.69, 9.17) is 5.11 Å². The third-order valence-corrected chi connectivity index (χ3v) is 1.74. The zero-order chi connectivity index (χ0) is 11.6. The third kappa shape index (κ3) is 2.15. The lowest BCUT2D eigenvalue weighted by Gasteiger charge is -2.06. The number of aliphatic hydroxyl groups is 1. The van der Waals surface area contributed by atoms with Crippen LogP contribution in [0.4, 0.5) is 14.6 Å². The quantitative estimate of drug-likeness (QED) is 0.579. The first-order valence-electron chi connectivity index (χ1n) is 3.77. The molecular formula is C7H6F2N2O4. The van der Waals surface area contributed by atoms with Crippen molar-refractivity contribution >= 4 is 5.82 Å². The van der Waals surface area contributed by atoms with Crippen LogP contribution < -0.4 is 5.56 Å². The highest BCUT2D eigenvalue weighted by Gasteiger charge is 2.23. The van der Waals surface area contributed by atoms with Crippen molar-refractivity contribution in [2.45, 2.75) is 13.0 Å². The SMILES string of the molecule is O=c1cc(C(F)F)c(CO)c([N+](=O)[O-])[nH]1. The fourth-order valence-corrected chi connectivity index (χ4v) is 1.11. The minimum atomic E-state index is -3.05. The van der Waals surface area contributed by atoms with Gasteiger partial charge < -0.3 is 15.2 Å². The number of pyridine rings is 1. The van der Waals surface area contributed by atoms with Gasteiger partial charge in [0, 0.05) is 11.6 Å². The van der Waals surface area contributed by atoms with Crippen LogP contribution in [-0.2, 0) is 6.61 Å². The van der Waals surface area contributed by atoms with Crippen LogP contribution >= 0.6 is 0 Å². The molecule has 0 saturated heterocycles. The van der Waals surface area contributed by atoms with Gasteiger partial charge >= 0.3 is 11.4 Å². The van der Waals surface area contributed by atoms with Gasteiger partial charge in [-0.05, 0) is 4.92 Å². The third-order valence-electron chi connectivity index (χ3n) is 1.74. The number of H-pyrrole nitrogens is 1. The Kier molecular flexibility index (Phi) is 3.10. The van der Waals surface area contributed by atoms with Crippen molar-refractivity contribution in [3.8, 4) is 0 Å². The van der Waals surface area contributed by atoms with E-state index in [1.165, 1.54) is 0 Å². The van der Waals surface area contributed by atoms with Crippen molar-refractivity contribution in [1.82, 2.24) is 4.98 Å². The van der Waals surface area contributed by atoms with E-state index in [1.54, 1.807) is 4.98 Å². The van der Waals surface area contributed by atoms with Gasteiger partial charge in [-0.15, -0.1) is 0 Å². The molecule has 0 aliphatic rings. The van der Waals surface area contributed by atoms with Crippen LogP contribution in [0.25, 0.3) is 0 Å². The van der Waals surface area contributed by atoms with E-state index >= 15 is 0 Å². The summed E-state index contributed by atoms with van der Waals surface area (Å²) in [7, 11) is 0. The van der Waals surface area contributed by atoms with Crippen LogP contribution in [0.1, 0.15) is 17.6 Å². The lowest BCUT2D eigenvalue weighted by molar-refractivity contribution is -0.390. The summed E-state index contributed by atoms with van der Waals surface area (Å²) in [4.78, 5) is 21.9. The highest BCUT2D eigenvalue weighted by molar-refractivity contribution is 5.39. The number of halogens is 2. The number of alkyl halides is 2. The molecule has 0 bridgehead atoms. The Morgan fingerprint density at radius 3 is 2.60 bits per heavy atom. The Labute approximate surface area is 81.3 Å². The van der Waals surface area contributed by atoms with Gasteiger partial charge in [0.2, 0.25) is 0 Å². The van der Waals surface area contributed by atoms with Gasteiger partial charge in [0.05, 0.1) is 12.2 Å². The molecule has 0 aliphatic heterocycles. The van der Waals surface area contributed by atoms with Crippen molar-refractivity contribution < 1.29 is 18.8 Å². The van der Waals surface area contributed by atoms with Crippen LogP contribution in [0.2, 0.25) is 0 Å². The summed E-state index contributed by atoms with van der Waals surface area (Å²) in [5.74, 6) is -0.902. The average molecular weight is 220 g/mol. The number of nitrogens with one attached hydrogen (secondary N) is 1. The number of hydrogen-bond acceptors (Lipinski definition) is 4. The molecule has 2 N–H and O–H groups in total. The van der Waals surface area contributed by atoms with Crippen LogP contribution in [-0.4, -0.2) is 15.0 Å². The lowest BCUT2D eigenvalue weighted by Crippen LogP contribution is -2.13. The second kappa shape index (κ2) is 4.13. The van der Waals surface area contributed by atoms with Crippen molar-refractivity contribution in [2.75, 3.05) is 0 Å². The second-order valence-corrected chi connectivity index (χ2v) is 2.63. The smallest absolute Gasteiger partial charge is 0.332 e. The number of rotatable bonds is 3.